The van der Waals surface area contributed by atoms with Crippen molar-refractivity contribution in [2.24, 2.45) is 0 Å². The minimum absolute atomic E-state index is 0.138. The number of ether oxygens (including phenoxy) is 1. The Morgan fingerprint density at radius 3 is 2.89 bits per heavy atom. The maximum absolute atomic E-state index is 12.4. The minimum atomic E-state index is -0.138. The number of nitriles is 1. The minimum Gasteiger partial charge on any atom is -0.378 e. The molecule has 0 bridgehead atoms. The molecule has 1 fully saturated rings. The summed E-state index contributed by atoms with van der Waals surface area (Å²) in [5.74, 6) is 0.731. The third-order valence-corrected chi connectivity index (χ3v) is 4.91. The molecule has 1 aliphatic rings. The van der Waals surface area contributed by atoms with Crippen molar-refractivity contribution in [3.8, 4) is 6.07 Å². The molecule has 3 aromatic rings. The molecular formula is C21H21N5O2. The number of carbonyl (C=O) groups is 1. The van der Waals surface area contributed by atoms with Gasteiger partial charge >= 0.3 is 0 Å². The third kappa shape index (κ3) is 3.82. The second-order valence-corrected chi connectivity index (χ2v) is 6.70. The molecule has 142 valence electrons. The van der Waals surface area contributed by atoms with Crippen LogP contribution in [-0.4, -0.2) is 48.7 Å². The van der Waals surface area contributed by atoms with Crippen LogP contribution in [0.5, 0.6) is 0 Å². The third-order valence-electron chi connectivity index (χ3n) is 4.91. The van der Waals surface area contributed by atoms with Crippen molar-refractivity contribution in [3.05, 3.63) is 59.4 Å². The molecule has 0 radical (unpaired) electrons. The number of carbonyl (C=O) groups excluding carboxylic acids is 1. The number of H-pyrrole nitrogens is 1. The van der Waals surface area contributed by atoms with Gasteiger partial charge in [-0.15, -0.1) is 0 Å². The van der Waals surface area contributed by atoms with E-state index in [4.69, 9.17) is 10.00 Å². The second-order valence-electron chi connectivity index (χ2n) is 6.70. The lowest BCUT2D eigenvalue weighted by Crippen LogP contribution is -2.36. The first-order valence-corrected chi connectivity index (χ1v) is 9.31. The van der Waals surface area contributed by atoms with E-state index in [0.717, 1.165) is 35.4 Å². The van der Waals surface area contributed by atoms with Gasteiger partial charge in [-0.1, -0.05) is 6.07 Å². The Kier molecular flexibility index (Phi) is 5.22. The zero-order valence-electron chi connectivity index (χ0n) is 15.4. The first-order chi connectivity index (χ1) is 13.7. The molecule has 1 amide bonds. The molecule has 1 saturated heterocycles. The van der Waals surface area contributed by atoms with Crippen molar-refractivity contribution in [3.63, 3.8) is 0 Å². The molecule has 7 heteroatoms. The van der Waals surface area contributed by atoms with Crippen LogP contribution in [-0.2, 0) is 11.2 Å². The number of benzene rings is 1. The average Bonchev–Trinajstić information content (AvgIpc) is 3.17. The van der Waals surface area contributed by atoms with Crippen molar-refractivity contribution in [2.45, 2.75) is 6.42 Å². The SMILES string of the molecule is N#Cc1c[nH]c2ccc(CCNC(=O)c3ccc(N4CCOCC4)nc3)cc12. The highest BCUT2D eigenvalue weighted by molar-refractivity contribution is 5.94. The van der Waals surface area contributed by atoms with Crippen LogP contribution >= 0.6 is 0 Å². The molecule has 2 aromatic heterocycles. The summed E-state index contributed by atoms with van der Waals surface area (Å²) in [7, 11) is 0. The van der Waals surface area contributed by atoms with E-state index in [1.165, 1.54) is 0 Å². The highest BCUT2D eigenvalue weighted by Crippen LogP contribution is 2.19. The molecule has 4 rings (SSSR count). The second kappa shape index (κ2) is 8.11. The van der Waals surface area contributed by atoms with Crippen LogP contribution in [0.25, 0.3) is 10.9 Å². The molecule has 1 aromatic carbocycles. The number of hydrogen-bond donors (Lipinski definition) is 2. The van der Waals surface area contributed by atoms with Crippen LogP contribution < -0.4 is 10.2 Å². The number of anilines is 1. The number of aromatic nitrogens is 2. The number of aromatic amines is 1. The molecule has 1 aliphatic heterocycles. The summed E-state index contributed by atoms with van der Waals surface area (Å²) in [5, 5.41) is 13.0. The Bertz CT molecular complexity index is 1010. The fraction of sp³-hybridized carbons (Fsp3) is 0.286. The summed E-state index contributed by atoms with van der Waals surface area (Å²) in [6.07, 6.45) is 4.02. The Morgan fingerprint density at radius 1 is 1.29 bits per heavy atom. The van der Waals surface area contributed by atoms with Gasteiger partial charge in [-0.05, 0) is 36.2 Å². The van der Waals surface area contributed by atoms with Crippen LogP contribution in [0.2, 0.25) is 0 Å². The van der Waals surface area contributed by atoms with Gasteiger partial charge in [0.25, 0.3) is 5.91 Å². The Morgan fingerprint density at radius 2 is 2.14 bits per heavy atom. The molecule has 7 nitrogen and oxygen atoms in total. The van der Waals surface area contributed by atoms with E-state index in [2.05, 4.69) is 26.3 Å². The van der Waals surface area contributed by atoms with Gasteiger partial charge in [0.05, 0.1) is 24.3 Å². The highest BCUT2D eigenvalue weighted by atomic mass is 16.5. The Labute approximate surface area is 162 Å². The molecule has 28 heavy (non-hydrogen) atoms. The van der Waals surface area contributed by atoms with Gasteiger partial charge in [-0.25, -0.2) is 4.98 Å². The molecule has 3 heterocycles. The van der Waals surface area contributed by atoms with Gasteiger partial charge in [-0.2, -0.15) is 5.26 Å². The van der Waals surface area contributed by atoms with Gasteiger partial charge in [0, 0.05) is 42.9 Å². The molecule has 0 unspecified atom stereocenters. The van der Waals surface area contributed by atoms with Gasteiger partial charge in [0.15, 0.2) is 0 Å². The summed E-state index contributed by atoms with van der Waals surface area (Å²) in [6, 6.07) is 11.8. The van der Waals surface area contributed by atoms with E-state index >= 15 is 0 Å². The predicted octanol–water partition coefficient (Wildman–Crippen LogP) is 2.24. The first-order valence-electron chi connectivity index (χ1n) is 9.31. The van der Waals surface area contributed by atoms with Crippen LogP contribution in [0.4, 0.5) is 5.82 Å². The summed E-state index contributed by atoms with van der Waals surface area (Å²) in [4.78, 5) is 22.0. The van der Waals surface area contributed by atoms with E-state index in [-0.39, 0.29) is 5.91 Å². The fourth-order valence-corrected chi connectivity index (χ4v) is 3.34. The van der Waals surface area contributed by atoms with Crippen molar-refractivity contribution >= 4 is 22.6 Å². The first kappa shape index (κ1) is 18.0. The zero-order valence-corrected chi connectivity index (χ0v) is 15.4. The summed E-state index contributed by atoms with van der Waals surface area (Å²) in [5.41, 5.74) is 3.19. The number of morpholine rings is 1. The highest BCUT2D eigenvalue weighted by Gasteiger charge is 2.13. The van der Waals surface area contributed by atoms with Crippen molar-refractivity contribution in [2.75, 3.05) is 37.7 Å². The molecule has 0 aliphatic carbocycles. The predicted molar refractivity (Wildman–Crippen MR) is 106 cm³/mol. The lowest BCUT2D eigenvalue weighted by Gasteiger charge is -2.27. The molecular weight excluding hydrogens is 354 g/mol. The number of rotatable bonds is 5. The monoisotopic (exact) mass is 375 g/mol. The number of nitrogens with zero attached hydrogens (tertiary/aromatic N) is 3. The van der Waals surface area contributed by atoms with Gasteiger partial charge in [0.1, 0.15) is 11.9 Å². The fourth-order valence-electron chi connectivity index (χ4n) is 3.34. The van der Waals surface area contributed by atoms with Crippen molar-refractivity contribution in [1.29, 1.82) is 5.26 Å². The van der Waals surface area contributed by atoms with Crippen LogP contribution in [0.3, 0.4) is 0 Å². The maximum atomic E-state index is 12.4. The van der Waals surface area contributed by atoms with Crippen LogP contribution in [0.15, 0.2) is 42.7 Å². The Balaban J connectivity index is 1.33. The largest absolute Gasteiger partial charge is 0.378 e. The van der Waals surface area contributed by atoms with Crippen LogP contribution in [0.1, 0.15) is 21.5 Å². The van der Waals surface area contributed by atoms with E-state index in [1.807, 2.05) is 24.3 Å². The molecule has 0 saturated carbocycles. The van der Waals surface area contributed by atoms with E-state index in [9.17, 15) is 4.79 Å². The lowest BCUT2D eigenvalue weighted by molar-refractivity contribution is 0.0953. The van der Waals surface area contributed by atoms with Gasteiger partial charge < -0.3 is 19.9 Å². The van der Waals surface area contributed by atoms with Crippen molar-refractivity contribution < 1.29 is 9.53 Å². The summed E-state index contributed by atoms with van der Waals surface area (Å²) < 4.78 is 5.34. The zero-order chi connectivity index (χ0) is 19.3. The van der Waals surface area contributed by atoms with E-state index in [1.54, 1.807) is 18.5 Å². The summed E-state index contributed by atoms with van der Waals surface area (Å²) >= 11 is 0. The topological polar surface area (TPSA) is 94.0 Å². The van der Waals surface area contributed by atoms with E-state index < -0.39 is 0 Å². The normalized spacial score (nSPS) is 14.0. The van der Waals surface area contributed by atoms with Gasteiger partial charge in [0.2, 0.25) is 0 Å². The molecule has 0 spiro atoms. The number of nitrogens with one attached hydrogen (secondary N) is 2. The standard InChI is InChI=1S/C21H21N5O2/c22-12-17-14-24-19-3-1-15(11-18(17)19)5-6-23-21(27)16-2-4-20(25-13-16)26-7-9-28-10-8-26/h1-4,11,13-14,24H,5-10H2,(H,23,27). The van der Waals surface area contributed by atoms with E-state index in [0.29, 0.717) is 37.3 Å². The number of pyridine rings is 1. The van der Waals surface area contributed by atoms with Crippen molar-refractivity contribution in [1.82, 2.24) is 15.3 Å². The number of fused-ring (bicyclic) bond motifs is 1. The Hall–Kier alpha value is -3.37. The summed E-state index contributed by atoms with van der Waals surface area (Å²) in [6.45, 7) is 3.56. The quantitative estimate of drug-likeness (QED) is 0.713. The molecule has 2 N–H and O–H groups in total. The lowest BCUT2D eigenvalue weighted by atomic mass is 10.1. The number of amides is 1. The van der Waals surface area contributed by atoms with Gasteiger partial charge in [-0.3, -0.25) is 4.79 Å². The smallest absolute Gasteiger partial charge is 0.252 e. The number of hydrogen-bond acceptors (Lipinski definition) is 5. The average molecular weight is 375 g/mol. The van der Waals surface area contributed by atoms with Crippen LogP contribution in [0, 0.1) is 11.3 Å². The molecule has 0 atom stereocenters. The maximum Gasteiger partial charge on any atom is 0.252 e.